The molecule has 0 saturated heterocycles. The van der Waals surface area contributed by atoms with E-state index in [2.05, 4.69) is 22.5 Å². The summed E-state index contributed by atoms with van der Waals surface area (Å²) in [5.74, 6) is 2.71. The fraction of sp³-hybridized carbons (Fsp3) is 0.360. The van der Waals surface area contributed by atoms with Crippen molar-refractivity contribution < 1.29 is 33.7 Å². The SMILES string of the molecule is CC(C)(CO)NC(=O)c1ccc(C#CCO)cc1F.CC(C)(CO)NC(=O)c1ccc(F)cc1Cl. The molecule has 0 radical (unpaired) electrons. The second-order valence-electron chi connectivity index (χ2n) is 8.77. The monoisotopic (exact) mass is 510 g/mol. The summed E-state index contributed by atoms with van der Waals surface area (Å²) in [5.41, 5.74) is -1.11. The Balaban J connectivity index is 0.000000355. The van der Waals surface area contributed by atoms with Gasteiger partial charge in [0.15, 0.2) is 0 Å². The summed E-state index contributed by atoms with van der Waals surface area (Å²) in [4.78, 5) is 23.5. The highest BCUT2D eigenvalue weighted by Crippen LogP contribution is 2.18. The highest BCUT2D eigenvalue weighted by molar-refractivity contribution is 6.33. The van der Waals surface area contributed by atoms with Crippen LogP contribution in [0.3, 0.4) is 0 Å². The summed E-state index contributed by atoms with van der Waals surface area (Å²) in [6.45, 7) is 5.84. The van der Waals surface area contributed by atoms with Gasteiger partial charge in [-0.2, -0.15) is 0 Å². The molecule has 0 unspecified atom stereocenters. The van der Waals surface area contributed by atoms with E-state index in [0.717, 1.165) is 18.2 Å². The largest absolute Gasteiger partial charge is 0.394 e. The van der Waals surface area contributed by atoms with Gasteiger partial charge < -0.3 is 26.0 Å². The number of aliphatic hydroxyl groups is 3. The molecule has 0 aliphatic carbocycles. The molecule has 5 N–H and O–H groups in total. The third-order valence-electron chi connectivity index (χ3n) is 4.40. The number of rotatable bonds is 6. The number of hydrogen-bond donors (Lipinski definition) is 5. The van der Waals surface area contributed by atoms with E-state index in [1.165, 1.54) is 18.2 Å². The van der Waals surface area contributed by atoms with Gasteiger partial charge in [-0.15, -0.1) is 0 Å². The average Bonchev–Trinajstić information content (AvgIpc) is 2.77. The second kappa shape index (κ2) is 13.2. The summed E-state index contributed by atoms with van der Waals surface area (Å²) in [6, 6.07) is 7.48. The molecule has 2 amide bonds. The molecular formula is C25H29ClF2N2O5. The normalized spacial score (nSPS) is 10.9. The molecule has 0 aromatic heterocycles. The van der Waals surface area contributed by atoms with Crippen LogP contribution in [-0.2, 0) is 0 Å². The Morgan fingerprint density at radius 3 is 1.86 bits per heavy atom. The van der Waals surface area contributed by atoms with E-state index >= 15 is 0 Å². The minimum Gasteiger partial charge on any atom is -0.394 e. The lowest BCUT2D eigenvalue weighted by Crippen LogP contribution is -2.46. The van der Waals surface area contributed by atoms with Crippen molar-refractivity contribution in [3.05, 3.63) is 69.7 Å². The van der Waals surface area contributed by atoms with E-state index in [1.807, 2.05) is 0 Å². The molecule has 0 fully saturated rings. The molecule has 2 aromatic carbocycles. The van der Waals surface area contributed by atoms with Gasteiger partial charge in [0, 0.05) is 5.56 Å². The zero-order chi connectivity index (χ0) is 26.8. The zero-order valence-corrected chi connectivity index (χ0v) is 20.6. The number of halogens is 3. The van der Waals surface area contributed by atoms with Crippen molar-refractivity contribution in [3.8, 4) is 11.8 Å². The number of amides is 2. The smallest absolute Gasteiger partial charge is 0.254 e. The topological polar surface area (TPSA) is 119 Å². The quantitative estimate of drug-likeness (QED) is 0.383. The van der Waals surface area contributed by atoms with Crippen molar-refractivity contribution in [2.24, 2.45) is 0 Å². The number of benzene rings is 2. The number of carbonyl (C=O) groups is 2. The van der Waals surface area contributed by atoms with Crippen LogP contribution in [0, 0.1) is 23.5 Å². The molecule has 0 heterocycles. The van der Waals surface area contributed by atoms with Crippen LogP contribution in [0.5, 0.6) is 0 Å². The van der Waals surface area contributed by atoms with Crippen molar-refractivity contribution in [1.82, 2.24) is 10.6 Å². The highest BCUT2D eigenvalue weighted by atomic mass is 35.5. The van der Waals surface area contributed by atoms with Crippen molar-refractivity contribution in [2.75, 3.05) is 19.8 Å². The number of nitrogens with one attached hydrogen (secondary N) is 2. The van der Waals surface area contributed by atoms with Crippen LogP contribution >= 0.6 is 11.6 Å². The van der Waals surface area contributed by atoms with Crippen LogP contribution < -0.4 is 10.6 Å². The first kappa shape index (κ1) is 30.0. The number of aliphatic hydroxyl groups excluding tert-OH is 3. The Labute approximate surface area is 208 Å². The molecule has 0 aliphatic rings. The molecule has 0 atom stereocenters. The third-order valence-corrected chi connectivity index (χ3v) is 4.71. The van der Waals surface area contributed by atoms with Crippen molar-refractivity contribution >= 4 is 23.4 Å². The summed E-state index contributed by atoms with van der Waals surface area (Å²) in [7, 11) is 0. The van der Waals surface area contributed by atoms with E-state index < -0.39 is 34.5 Å². The maximum absolute atomic E-state index is 13.8. The molecule has 190 valence electrons. The van der Waals surface area contributed by atoms with E-state index in [9.17, 15) is 18.4 Å². The van der Waals surface area contributed by atoms with Gasteiger partial charge >= 0.3 is 0 Å². The number of carbonyl (C=O) groups excluding carboxylic acids is 2. The first-order chi connectivity index (χ1) is 16.2. The van der Waals surface area contributed by atoms with Gasteiger partial charge in [0.2, 0.25) is 0 Å². The first-order valence-corrected chi connectivity index (χ1v) is 10.8. The first-order valence-electron chi connectivity index (χ1n) is 10.5. The van der Waals surface area contributed by atoms with Gasteiger partial charge in [-0.05, 0) is 64.1 Å². The minimum atomic E-state index is -0.821. The molecule has 2 aromatic rings. The van der Waals surface area contributed by atoms with Crippen LogP contribution in [0.2, 0.25) is 5.02 Å². The summed E-state index contributed by atoms with van der Waals surface area (Å²) < 4.78 is 26.5. The molecule has 10 heteroatoms. The molecule has 0 aliphatic heterocycles. The Morgan fingerprint density at radius 1 is 0.886 bits per heavy atom. The van der Waals surface area contributed by atoms with Crippen molar-refractivity contribution in [1.29, 1.82) is 0 Å². The maximum atomic E-state index is 13.8. The highest BCUT2D eigenvalue weighted by Gasteiger charge is 2.22. The molecule has 0 saturated carbocycles. The van der Waals surface area contributed by atoms with Gasteiger partial charge in [-0.25, -0.2) is 8.78 Å². The van der Waals surface area contributed by atoms with Crippen LogP contribution in [0.25, 0.3) is 0 Å². The lowest BCUT2D eigenvalue weighted by molar-refractivity contribution is 0.0859. The van der Waals surface area contributed by atoms with Crippen molar-refractivity contribution in [2.45, 2.75) is 38.8 Å². The standard InChI is InChI=1S/C14H16FNO3.C11H13ClFNO2/c1-14(2,9-18)16-13(19)11-6-5-10(4-3-7-17)8-12(11)15;1-11(2,6-15)14-10(16)8-4-3-7(13)5-9(8)12/h5-6,8,17-18H,7,9H2,1-2H3,(H,16,19);3-5,15H,6H2,1-2H3,(H,14,16). The van der Waals surface area contributed by atoms with Crippen LogP contribution in [0.15, 0.2) is 36.4 Å². The van der Waals surface area contributed by atoms with Gasteiger partial charge in [-0.3, -0.25) is 9.59 Å². The van der Waals surface area contributed by atoms with Gasteiger partial charge in [-0.1, -0.05) is 23.4 Å². The summed E-state index contributed by atoms with van der Waals surface area (Å²) >= 11 is 5.73. The van der Waals surface area contributed by atoms with E-state index in [0.29, 0.717) is 5.56 Å². The van der Waals surface area contributed by atoms with Crippen LogP contribution in [-0.4, -0.2) is 58.0 Å². The fourth-order valence-corrected chi connectivity index (χ4v) is 2.67. The third kappa shape index (κ3) is 10.0. The van der Waals surface area contributed by atoms with E-state index in [4.69, 9.17) is 26.9 Å². The summed E-state index contributed by atoms with van der Waals surface area (Å²) in [6.07, 6.45) is 0. The molecule has 0 bridgehead atoms. The predicted molar refractivity (Wildman–Crippen MR) is 129 cm³/mol. The lowest BCUT2D eigenvalue weighted by atomic mass is 10.1. The number of hydrogen-bond acceptors (Lipinski definition) is 5. The van der Waals surface area contributed by atoms with E-state index in [1.54, 1.807) is 27.7 Å². The fourth-order valence-electron chi connectivity index (χ4n) is 2.42. The van der Waals surface area contributed by atoms with E-state index in [-0.39, 0.29) is 36.0 Å². The lowest BCUT2D eigenvalue weighted by Gasteiger charge is -2.23. The second-order valence-corrected chi connectivity index (χ2v) is 9.18. The predicted octanol–water partition coefficient (Wildman–Crippen LogP) is 2.65. The maximum Gasteiger partial charge on any atom is 0.254 e. The molecule has 35 heavy (non-hydrogen) atoms. The zero-order valence-electron chi connectivity index (χ0n) is 19.9. The molecule has 0 spiro atoms. The Bertz CT molecular complexity index is 1110. The van der Waals surface area contributed by atoms with Crippen LogP contribution in [0.1, 0.15) is 54.0 Å². The Morgan fingerprint density at radius 2 is 1.40 bits per heavy atom. The van der Waals surface area contributed by atoms with Gasteiger partial charge in [0.1, 0.15) is 18.2 Å². The van der Waals surface area contributed by atoms with Gasteiger partial charge in [0.25, 0.3) is 11.8 Å². The minimum absolute atomic E-state index is 0.0474. The average molecular weight is 511 g/mol. The van der Waals surface area contributed by atoms with Crippen LogP contribution in [0.4, 0.5) is 8.78 Å². The molecule has 7 nitrogen and oxygen atoms in total. The Kier molecular flexibility index (Phi) is 11.3. The summed E-state index contributed by atoms with van der Waals surface area (Å²) in [5, 5.41) is 31.7. The molecular weight excluding hydrogens is 482 g/mol. The van der Waals surface area contributed by atoms with Crippen molar-refractivity contribution in [3.63, 3.8) is 0 Å². The molecule has 2 rings (SSSR count). The van der Waals surface area contributed by atoms with Gasteiger partial charge in [0.05, 0.1) is 40.4 Å². The Hall–Kier alpha value is -3.03.